The van der Waals surface area contributed by atoms with Crippen LogP contribution in [-0.4, -0.2) is 27.3 Å². The molecule has 1 heterocycles. The summed E-state index contributed by atoms with van der Waals surface area (Å²) in [6.07, 6.45) is 1.22. The molecule has 17 heavy (non-hydrogen) atoms. The van der Waals surface area contributed by atoms with Crippen LogP contribution in [0.2, 0.25) is 5.15 Å². The molecule has 0 atom stereocenters. The maximum absolute atomic E-state index is 11.4. The zero-order chi connectivity index (χ0) is 11.4. The van der Waals surface area contributed by atoms with Crippen LogP contribution in [0.15, 0.2) is 11.3 Å². The third-order valence-electron chi connectivity index (χ3n) is 1.27. The number of nitrogens with one attached hydrogen (secondary N) is 1. The number of anilines is 1. The molecule has 1 aromatic rings. The number of hydrogen-bond acceptors (Lipinski definition) is 5. The fourth-order valence-corrected chi connectivity index (χ4v) is 0.846. The van der Waals surface area contributed by atoms with Crippen molar-refractivity contribution in [2.75, 3.05) is 5.73 Å². The molecule has 1 aromatic heterocycles. The highest BCUT2D eigenvalue weighted by molar-refractivity contribution is 6.29. The van der Waals surface area contributed by atoms with Gasteiger partial charge in [0.25, 0.3) is 5.91 Å². The standard InChI is InChI=1S/C6H8ClN7O.ClH.H2O/c7-2-1-11-4(8)3(12-2)5(15)13-14-6(9)10;;/h1H,(H2,8,11)(H,13,15)(H4,9,10,14);1H;1H2. The Balaban J connectivity index is 0. The predicted octanol–water partition coefficient (Wildman–Crippen LogP) is -1.77. The van der Waals surface area contributed by atoms with Gasteiger partial charge in [-0.3, -0.25) is 4.79 Å². The average Bonchev–Trinajstić information content (AvgIpc) is 2.18. The Hall–Kier alpha value is -1.84. The fourth-order valence-electron chi connectivity index (χ4n) is 0.712. The Kier molecular flexibility index (Phi) is 7.68. The van der Waals surface area contributed by atoms with E-state index in [2.05, 4.69) is 15.1 Å². The first-order valence-electron chi connectivity index (χ1n) is 3.67. The Bertz CT molecular complexity index is 421. The maximum atomic E-state index is 11.4. The number of hydrazone groups is 1. The van der Waals surface area contributed by atoms with E-state index in [0.29, 0.717) is 0 Å². The molecular weight excluding hydrogens is 273 g/mol. The third kappa shape index (κ3) is 5.15. The van der Waals surface area contributed by atoms with Crippen molar-refractivity contribution in [2.45, 2.75) is 0 Å². The first-order valence-corrected chi connectivity index (χ1v) is 4.05. The van der Waals surface area contributed by atoms with Gasteiger partial charge >= 0.3 is 0 Å². The zero-order valence-electron chi connectivity index (χ0n) is 8.35. The lowest BCUT2D eigenvalue weighted by atomic mass is 10.4. The van der Waals surface area contributed by atoms with Gasteiger partial charge in [0.1, 0.15) is 5.15 Å². The van der Waals surface area contributed by atoms with Crippen LogP contribution in [0.1, 0.15) is 10.5 Å². The van der Waals surface area contributed by atoms with Crippen LogP contribution in [0, 0.1) is 0 Å². The Labute approximate surface area is 107 Å². The SMILES string of the molecule is Cl.NC(N)=NNC(=O)c1nc(Cl)cnc1N.O. The van der Waals surface area contributed by atoms with Crippen molar-refractivity contribution in [1.82, 2.24) is 15.4 Å². The monoisotopic (exact) mass is 283 g/mol. The zero-order valence-corrected chi connectivity index (χ0v) is 9.92. The van der Waals surface area contributed by atoms with E-state index >= 15 is 0 Å². The van der Waals surface area contributed by atoms with Crippen molar-refractivity contribution in [3.05, 3.63) is 17.0 Å². The summed E-state index contributed by atoms with van der Waals surface area (Å²) in [5.74, 6) is -1.06. The molecule has 0 spiro atoms. The van der Waals surface area contributed by atoms with Crippen molar-refractivity contribution in [3.63, 3.8) is 0 Å². The molecule has 0 fully saturated rings. The van der Waals surface area contributed by atoms with Gasteiger partial charge in [0.05, 0.1) is 6.20 Å². The van der Waals surface area contributed by atoms with Crippen molar-refractivity contribution < 1.29 is 10.3 Å². The molecule has 0 bridgehead atoms. The molecular formula is C6H11Cl2N7O2. The van der Waals surface area contributed by atoms with Gasteiger partial charge in [-0.25, -0.2) is 15.4 Å². The summed E-state index contributed by atoms with van der Waals surface area (Å²) >= 11 is 5.53. The smallest absolute Gasteiger partial charge is 0.293 e. The number of nitrogens with zero attached hydrogens (tertiary/aromatic N) is 3. The quantitative estimate of drug-likeness (QED) is 0.283. The molecule has 11 heteroatoms. The Morgan fingerprint density at radius 2 is 2.06 bits per heavy atom. The molecule has 96 valence electrons. The molecule has 0 radical (unpaired) electrons. The van der Waals surface area contributed by atoms with Gasteiger partial charge in [-0.05, 0) is 0 Å². The van der Waals surface area contributed by atoms with E-state index in [1.165, 1.54) is 6.20 Å². The van der Waals surface area contributed by atoms with Crippen LogP contribution in [0.5, 0.6) is 0 Å². The highest BCUT2D eigenvalue weighted by Crippen LogP contribution is 2.09. The normalized spacial score (nSPS) is 8.29. The predicted molar refractivity (Wildman–Crippen MR) is 65.6 cm³/mol. The first-order chi connectivity index (χ1) is 7.00. The van der Waals surface area contributed by atoms with Crippen LogP contribution in [-0.2, 0) is 0 Å². The number of nitrogens with two attached hydrogens (primary N) is 3. The average molecular weight is 284 g/mol. The Morgan fingerprint density at radius 1 is 1.47 bits per heavy atom. The number of nitrogen functional groups attached to an aromatic ring is 1. The van der Waals surface area contributed by atoms with Crippen LogP contribution in [0.4, 0.5) is 5.82 Å². The molecule has 0 saturated carbocycles. The number of carbonyl (C=O) groups excluding carboxylic acids is 1. The molecule has 0 aromatic carbocycles. The number of amides is 1. The summed E-state index contributed by atoms with van der Waals surface area (Å²) in [4.78, 5) is 18.7. The van der Waals surface area contributed by atoms with Gasteiger partial charge < -0.3 is 22.7 Å². The number of carbonyl (C=O) groups is 1. The van der Waals surface area contributed by atoms with Crippen LogP contribution < -0.4 is 22.6 Å². The second-order valence-electron chi connectivity index (χ2n) is 2.40. The Morgan fingerprint density at radius 3 is 2.59 bits per heavy atom. The van der Waals surface area contributed by atoms with E-state index < -0.39 is 5.91 Å². The number of aromatic nitrogens is 2. The fraction of sp³-hybridized carbons (Fsp3) is 0. The number of guanidine groups is 1. The molecule has 0 saturated heterocycles. The molecule has 0 unspecified atom stereocenters. The van der Waals surface area contributed by atoms with E-state index in [1.807, 2.05) is 5.43 Å². The minimum atomic E-state index is -0.698. The van der Waals surface area contributed by atoms with Gasteiger partial charge in [0.2, 0.25) is 5.96 Å². The minimum absolute atomic E-state index is 0. The molecule has 1 amide bonds. The van der Waals surface area contributed by atoms with Crippen molar-refractivity contribution >= 4 is 41.7 Å². The second-order valence-corrected chi connectivity index (χ2v) is 2.79. The van der Waals surface area contributed by atoms with Gasteiger partial charge in [0.15, 0.2) is 11.5 Å². The van der Waals surface area contributed by atoms with E-state index in [-0.39, 0.29) is 40.5 Å². The number of halogens is 2. The summed E-state index contributed by atoms with van der Waals surface area (Å²) < 4.78 is 0. The second kappa shape index (κ2) is 7.44. The first kappa shape index (κ1) is 17.6. The summed E-state index contributed by atoms with van der Waals surface area (Å²) in [5, 5.41) is 3.32. The summed E-state index contributed by atoms with van der Waals surface area (Å²) in [7, 11) is 0. The highest BCUT2D eigenvalue weighted by atomic mass is 35.5. The van der Waals surface area contributed by atoms with Crippen LogP contribution in [0.3, 0.4) is 0 Å². The topological polar surface area (TPSA) is 177 Å². The summed E-state index contributed by atoms with van der Waals surface area (Å²) in [6, 6.07) is 0. The molecule has 0 aliphatic rings. The van der Waals surface area contributed by atoms with Gasteiger partial charge in [-0.15, -0.1) is 17.5 Å². The highest BCUT2D eigenvalue weighted by Gasteiger charge is 2.12. The van der Waals surface area contributed by atoms with Crippen molar-refractivity contribution in [3.8, 4) is 0 Å². The third-order valence-corrected chi connectivity index (χ3v) is 1.46. The molecule has 1 rings (SSSR count). The minimum Gasteiger partial charge on any atom is -0.412 e. The number of hydrogen-bond donors (Lipinski definition) is 4. The van der Waals surface area contributed by atoms with E-state index in [4.69, 9.17) is 28.8 Å². The molecule has 9 nitrogen and oxygen atoms in total. The van der Waals surface area contributed by atoms with Crippen LogP contribution >= 0.6 is 24.0 Å². The van der Waals surface area contributed by atoms with E-state index in [0.717, 1.165) is 0 Å². The lowest BCUT2D eigenvalue weighted by molar-refractivity contribution is 0.0950. The van der Waals surface area contributed by atoms with Gasteiger partial charge in [0, 0.05) is 0 Å². The molecule has 0 aliphatic heterocycles. The largest absolute Gasteiger partial charge is 0.412 e. The lowest BCUT2D eigenvalue weighted by Crippen LogP contribution is -2.29. The van der Waals surface area contributed by atoms with Gasteiger partial charge in [-0.1, -0.05) is 11.6 Å². The van der Waals surface area contributed by atoms with Crippen molar-refractivity contribution in [2.24, 2.45) is 16.6 Å². The maximum Gasteiger partial charge on any atom is 0.293 e. The van der Waals surface area contributed by atoms with E-state index in [9.17, 15) is 4.79 Å². The van der Waals surface area contributed by atoms with Crippen LogP contribution in [0.25, 0.3) is 0 Å². The van der Waals surface area contributed by atoms with Gasteiger partial charge in [-0.2, -0.15) is 0 Å². The van der Waals surface area contributed by atoms with E-state index in [1.54, 1.807) is 0 Å². The van der Waals surface area contributed by atoms with Crippen molar-refractivity contribution in [1.29, 1.82) is 0 Å². The molecule has 9 N–H and O–H groups in total. The summed E-state index contributed by atoms with van der Waals surface area (Å²) in [5.41, 5.74) is 17.3. The lowest BCUT2D eigenvalue weighted by Gasteiger charge is -2.02. The summed E-state index contributed by atoms with van der Waals surface area (Å²) in [6.45, 7) is 0. The number of rotatable bonds is 2. The molecule has 0 aliphatic carbocycles.